The summed E-state index contributed by atoms with van der Waals surface area (Å²) in [6.07, 6.45) is 1.62. The summed E-state index contributed by atoms with van der Waals surface area (Å²) in [4.78, 5) is 12.7. The lowest BCUT2D eigenvalue weighted by atomic mass is 10.1. The molecular weight excluding hydrogens is 382 g/mol. The Balaban J connectivity index is 1.97. The van der Waals surface area contributed by atoms with E-state index in [9.17, 15) is 10.1 Å². The first-order chi connectivity index (χ1) is 13.8. The van der Waals surface area contributed by atoms with Gasteiger partial charge in [0.1, 0.15) is 11.6 Å². The molecule has 1 amide bonds. The summed E-state index contributed by atoms with van der Waals surface area (Å²) in [5.41, 5.74) is 6.35. The van der Waals surface area contributed by atoms with Gasteiger partial charge in [-0.25, -0.2) is 0 Å². The minimum atomic E-state index is -0.427. The van der Waals surface area contributed by atoms with Gasteiger partial charge in [0.15, 0.2) is 0 Å². The third-order valence-electron chi connectivity index (χ3n) is 5.08. The molecule has 0 radical (unpaired) electrons. The molecule has 3 rings (SSSR count). The molecule has 0 spiro atoms. The van der Waals surface area contributed by atoms with E-state index >= 15 is 0 Å². The zero-order valence-electron chi connectivity index (χ0n) is 16.9. The van der Waals surface area contributed by atoms with Crippen LogP contribution in [0, 0.1) is 39.0 Å². The Morgan fingerprint density at radius 2 is 1.83 bits per heavy atom. The van der Waals surface area contributed by atoms with Crippen LogP contribution in [0.5, 0.6) is 0 Å². The van der Waals surface area contributed by atoms with Gasteiger partial charge < -0.3 is 9.88 Å². The Labute approximate surface area is 176 Å². The maximum absolute atomic E-state index is 12.7. The third-order valence-corrected chi connectivity index (χ3v) is 5.40. The SMILES string of the molecule is Cc1cccc(NC(=O)/C(C#N)=C/c2cc(C)n(-c3ccccc3Cl)c2C)c1C. The lowest BCUT2D eigenvalue weighted by Crippen LogP contribution is -2.14. The summed E-state index contributed by atoms with van der Waals surface area (Å²) in [6.45, 7) is 7.84. The molecule has 0 saturated heterocycles. The molecule has 29 heavy (non-hydrogen) atoms. The summed E-state index contributed by atoms with van der Waals surface area (Å²) in [6, 6.07) is 17.2. The Bertz CT molecular complexity index is 1170. The molecule has 0 unspecified atom stereocenters. The van der Waals surface area contributed by atoms with Crippen molar-refractivity contribution in [2.75, 3.05) is 5.32 Å². The van der Waals surface area contributed by atoms with Gasteiger partial charge in [0, 0.05) is 17.1 Å². The molecule has 1 N–H and O–H groups in total. The number of aromatic nitrogens is 1. The van der Waals surface area contributed by atoms with Crippen LogP contribution in [0.4, 0.5) is 5.69 Å². The average molecular weight is 404 g/mol. The van der Waals surface area contributed by atoms with E-state index in [1.165, 1.54) is 0 Å². The van der Waals surface area contributed by atoms with Gasteiger partial charge in [-0.2, -0.15) is 5.26 Å². The second-order valence-electron chi connectivity index (χ2n) is 6.98. The molecule has 5 heteroatoms. The normalized spacial score (nSPS) is 11.2. The van der Waals surface area contributed by atoms with Gasteiger partial charge in [-0.1, -0.05) is 35.9 Å². The molecule has 0 bridgehead atoms. The summed E-state index contributed by atoms with van der Waals surface area (Å²) in [5, 5.41) is 13.1. The zero-order chi connectivity index (χ0) is 21.1. The number of nitrogens with one attached hydrogen (secondary N) is 1. The van der Waals surface area contributed by atoms with Crippen molar-refractivity contribution in [1.82, 2.24) is 4.57 Å². The molecule has 0 saturated carbocycles. The molecule has 0 aliphatic rings. The van der Waals surface area contributed by atoms with Crippen LogP contribution in [-0.2, 0) is 4.79 Å². The quantitative estimate of drug-likeness (QED) is 0.434. The fourth-order valence-electron chi connectivity index (χ4n) is 3.32. The van der Waals surface area contributed by atoms with Crippen molar-refractivity contribution >= 4 is 29.3 Å². The largest absolute Gasteiger partial charge is 0.321 e. The lowest BCUT2D eigenvalue weighted by molar-refractivity contribution is -0.112. The van der Waals surface area contributed by atoms with Gasteiger partial charge in [-0.05, 0) is 74.7 Å². The molecule has 0 fully saturated rings. The summed E-state index contributed by atoms with van der Waals surface area (Å²) < 4.78 is 2.02. The molecule has 146 valence electrons. The standard InChI is InChI=1S/C24H22ClN3O/c1-15-8-7-10-22(17(15)3)27-24(29)20(14-26)13-19-12-16(2)28(18(19)4)23-11-6-5-9-21(23)25/h5-13H,1-4H3,(H,27,29)/b20-13+. The highest BCUT2D eigenvalue weighted by Gasteiger charge is 2.15. The highest BCUT2D eigenvalue weighted by Crippen LogP contribution is 2.27. The topological polar surface area (TPSA) is 57.8 Å². The van der Waals surface area contributed by atoms with Crippen molar-refractivity contribution in [2.45, 2.75) is 27.7 Å². The molecule has 0 atom stereocenters. The second-order valence-corrected chi connectivity index (χ2v) is 7.39. The number of carbonyl (C=O) groups excluding carboxylic acids is 1. The molecule has 4 nitrogen and oxygen atoms in total. The second kappa shape index (κ2) is 8.38. The van der Waals surface area contributed by atoms with Gasteiger partial charge in [-0.3, -0.25) is 4.79 Å². The number of anilines is 1. The van der Waals surface area contributed by atoms with E-state index in [0.29, 0.717) is 10.7 Å². The van der Waals surface area contributed by atoms with Crippen LogP contribution in [0.3, 0.4) is 0 Å². The van der Waals surface area contributed by atoms with Gasteiger partial charge in [0.25, 0.3) is 5.91 Å². The smallest absolute Gasteiger partial charge is 0.266 e. The minimum Gasteiger partial charge on any atom is -0.321 e. The molecule has 1 heterocycles. The summed E-state index contributed by atoms with van der Waals surface area (Å²) in [7, 11) is 0. The number of hydrogen-bond acceptors (Lipinski definition) is 2. The van der Waals surface area contributed by atoms with E-state index in [-0.39, 0.29) is 5.57 Å². The van der Waals surface area contributed by atoms with Gasteiger partial charge in [0.2, 0.25) is 0 Å². The predicted molar refractivity (Wildman–Crippen MR) is 118 cm³/mol. The van der Waals surface area contributed by atoms with E-state index in [1.807, 2.05) is 86.9 Å². The van der Waals surface area contributed by atoms with Gasteiger partial charge >= 0.3 is 0 Å². The fourth-order valence-corrected chi connectivity index (χ4v) is 3.54. The maximum atomic E-state index is 12.7. The Morgan fingerprint density at radius 3 is 2.52 bits per heavy atom. The minimum absolute atomic E-state index is 0.0466. The number of halogens is 1. The molecule has 3 aromatic rings. The van der Waals surface area contributed by atoms with Crippen LogP contribution in [0.1, 0.15) is 28.1 Å². The average Bonchev–Trinajstić information content (AvgIpc) is 2.97. The highest BCUT2D eigenvalue weighted by atomic mass is 35.5. The van der Waals surface area contributed by atoms with Crippen LogP contribution in [0.25, 0.3) is 11.8 Å². The molecular formula is C24H22ClN3O. The predicted octanol–water partition coefficient (Wildman–Crippen LogP) is 5.91. The third kappa shape index (κ3) is 4.11. The van der Waals surface area contributed by atoms with Gasteiger partial charge in [-0.15, -0.1) is 0 Å². The number of nitriles is 1. The Kier molecular flexibility index (Phi) is 5.91. The number of aryl methyl sites for hydroxylation is 2. The van der Waals surface area contributed by atoms with Crippen LogP contribution in [0.15, 0.2) is 54.1 Å². The number of hydrogen-bond donors (Lipinski definition) is 1. The van der Waals surface area contributed by atoms with Crippen molar-refractivity contribution < 1.29 is 4.79 Å². The molecule has 2 aromatic carbocycles. The fraction of sp³-hybridized carbons (Fsp3) is 0.167. The van der Waals surface area contributed by atoms with Crippen LogP contribution >= 0.6 is 11.6 Å². The van der Waals surface area contributed by atoms with Crippen LogP contribution < -0.4 is 5.32 Å². The van der Waals surface area contributed by atoms with Crippen molar-refractivity contribution in [3.8, 4) is 11.8 Å². The number of rotatable bonds is 4. The van der Waals surface area contributed by atoms with Crippen molar-refractivity contribution in [1.29, 1.82) is 5.26 Å². The maximum Gasteiger partial charge on any atom is 0.266 e. The number of carbonyl (C=O) groups is 1. The van der Waals surface area contributed by atoms with Gasteiger partial charge in [0.05, 0.1) is 10.7 Å². The van der Waals surface area contributed by atoms with Crippen molar-refractivity contribution in [2.24, 2.45) is 0 Å². The molecule has 0 aliphatic carbocycles. The van der Waals surface area contributed by atoms with Crippen molar-refractivity contribution in [3.63, 3.8) is 0 Å². The summed E-state index contributed by atoms with van der Waals surface area (Å²) >= 11 is 6.36. The first-order valence-corrected chi connectivity index (χ1v) is 9.64. The molecule has 0 aliphatic heterocycles. The number of para-hydroxylation sites is 1. The highest BCUT2D eigenvalue weighted by molar-refractivity contribution is 6.32. The lowest BCUT2D eigenvalue weighted by Gasteiger charge is -2.11. The van der Waals surface area contributed by atoms with Crippen molar-refractivity contribution in [3.05, 3.63) is 87.2 Å². The van der Waals surface area contributed by atoms with E-state index in [0.717, 1.165) is 33.8 Å². The number of amides is 1. The van der Waals surface area contributed by atoms with Crippen LogP contribution in [0.2, 0.25) is 5.02 Å². The van der Waals surface area contributed by atoms with E-state index in [2.05, 4.69) is 5.32 Å². The monoisotopic (exact) mass is 403 g/mol. The number of nitrogens with zero attached hydrogens (tertiary/aromatic N) is 2. The summed E-state index contributed by atoms with van der Waals surface area (Å²) in [5.74, 6) is -0.427. The zero-order valence-corrected chi connectivity index (χ0v) is 17.6. The Morgan fingerprint density at radius 1 is 1.10 bits per heavy atom. The number of benzene rings is 2. The van der Waals surface area contributed by atoms with Crippen LogP contribution in [-0.4, -0.2) is 10.5 Å². The van der Waals surface area contributed by atoms with E-state index in [1.54, 1.807) is 6.08 Å². The Hall–Kier alpha value is -3.29. The molecule has 1 aromatic heterocycles. The van der Waals surface area contributed by atoms with E-state index in [4.69, 9.17) is 11.6 Å². The first-order valence-electron chi connectivity index (χ1n) is 9.26. The first kappa shape index (κ1) is 20.4. The van der Waals surface area contributed by atoms with E-state index < -0.39 is 5.91 Å².